The van der Waals surface area contributed by atoms with Crippen LogP contribution in [-0.2, 0) is 0 Å². The summed E-state index contributed by atoms with van der Waals surface area (Å²) in [6, 6.07) is 0. The van der Waals surface area contributed by atoms with Gasteiger partial charge in [-0.25, -0.2) is 0 Å². The molecule has 2 N–H and O–H groups in total. The Bertz CT molecular complexity index is 263. The summed E-state index contributed by atoms with van der Waals surface area (Å²) in [7, 11) is 1.83. The first-order chi connectivity index (χ1) is 6.40. The summed E-state index contributed by atoms with van der Waals surface area (Å²) in [5.41, 5.74) is 0. The predicted molar refractivity (Wildman–Crippen MR) is 52.0 cm³/mol. The largest absolute Gasteiger partial charge is 0.358 e. The normalized spacial score (nSPS) is 17.5. The molecule has 0 atom stereocenters. The Balaban J connectivity index is 2.05. The topological polar surface area (TPSA) is 56.8 Å². The van der Waals surface area contributed by atoms with E-state index in [9.17, 15) is 0 Å². The molecule has 1 fully saturated rings. The van der Waals surface area contributed by atoms with E-state index in [1.54, 1.807) is 0 Å². The molecule has 1 aromatic heterocycles. The van der Waals surface area contributed by atoms with Crippen LogP contribution in [0.3, 0.4) is 0 Å². The minimum Gasteiger partial charge on any atom is -0.358 e. The third kappa shape index (κ3) is 1.74. The summed E-state index contributed by atoms with van der Waals surface area (Å²) in [5, 5.41) is 11.0. The van der Waals surface area contributed by atoms with E-state index in [0.717, 1.165) is 25.0 Å². The molecule has 0 aliphatic carbocycles. The number of piperidine rings is 1. The maximum Gasteiger partial charge on any atom is 0.226 e. The molecule has 5 heteroatoms. The minimum absolute atomic E-state index is 0.737. The van der Waals surface area contributed by atoms with E-state index in [1.807, 2.05) is 7.05 Å². The van der Waals surface area contributed by atoms with Crippen molar-refractivity contribution < 1.29 is 0 Å². The molecule has 0 saturated carbocycles. The van der Waals surface area contributed by atoms with E-state index in [1.165, 1.54) is 19.3 Å². The highest BCUT2D eigenvalue weighted by Crippen LogP contribution is 2.15. The van der Waals surface area contributed by atoms with Crippen molar-refractivity contribution in [3.05, 3.63) is 0 Å². The second-order valence-electron chi connectivity index (χ2n) is 3.29. The molecule has 0 radical (unpaired) electrons. The summed E-state index contributed by atoms with van der Waals surface area (Å²) < 4.78 is 0. The van der Waals surface area contributed by atoms with Crippen molar-refractivity contribution in [3.8, 4) is 0 Å². The van der Waals surface area contributed by atoms with Gasteiger partial charge >= 0.3 is 0 Å². The monoisotopic (exact) mass is 181 g/mol. The fourth-order valence-electron chi connectivity index (χ4n) is 1.61. The molecule has 2 rings (SSSR count). The molecule has 72 valence electrons. The Morgan fingerprint density at radius 3 is 2.62 bits per heavy atom. The maximum atomic E-state index is 4.07. The van der Waals surface area contributed by atoms with E-state index in [-0.39, 0.29) is 0 Å². The molecule has 1 aliphatic heterocycles. The van der Waals surface area contributed by atoms with Gasteiger partial charge in [-0.1, -0.05) is 0 Å². The highest BCUT2D eigenvalue weighted by molar-refractivity contribution is 5.36. The van der Waals surface area contributed by atoms with Crippen LogP contribution in [0.2, 0.25) is 0 Å². The third-order valence-electron chi connectivity index (χ3n) is 2.37. The number of aromatic nitrogens is 3. The fraction of sp³-hybridized carbons (Fsp3) is 0.750. The molecule has 1 saturated heterocycles. The first-order valence-corrected chi connectivity index (χ1v) is 4.75. The van der Waals surface area contributed by atoms with Crippen molar-refractivity contribution in [3.63, 3.8) is 0 Å². The lowest BCUT2D eigenvalue weighted by Gasteiger charge is -2.25. The Hall–Kier alpha value is -1.26. The lowest BCUT2D eigenvalue weighted by Crippen LogP contribution is -2.30. The number of anilines is 2. The molecular formula is C8H15N5. The lowest BCUT2D eigenvalue weighted by molar-refractivity contribution is 0.569. The molecule has 0 bridgehead atoms. The van der Waals surface area contributed by atoms with Gasteiger partial charge in [0.1, 0.15) is 0 Å². The zero-order chi connectivity index (χ0) is 9.10. The second-order valence-corrected chi connectivity index (χ2v) is 3.29. The number of hydrogen-bond donors (Lipinski definition) is 2. The zero-order valence-corrected chi connectivity index (χ0v) is 7.88. The van der Waals surface area contributed by atoms with Gasteiger partial charge in [0.15, 0.2) is 0 Å². The molecule has 0 amide bonds. The van der Waals surface area contributed by atoms with Crippen molar-refractivity contribution in [2.75, 3.05) is 30.4 Å². The molecular weight excluding hydrogens is 166 g/mol. The van der Waals surface area contributed by atoms with Crippen LogP contribution in [0, 0.1) is 0 Å². The smallest absolute Gasteiger partial charge is 0.226 e. The summed E-state index contributed by atoms with van der Waals surface area (Å²) in [6.07, 6.45) is 3.86. The third-order valence-corrected chi connectivity index (χ3v) is 2.37. The molecule has 1 aromatic rings. The molecule has 5 nitrogen and oxygen atoms in total. The van der Waals surface area contributed by atoms with Crippen molar-refractivity contribution in [2.45, 2.75) is 19.3 Å². The Morgan fingerprint density at radius 2 is 2.00 bits per heavy atom. The van der Waals surface area contributed by atoms with Gasteiger partial charge in [-0.3, -0.25) is 4.98 Å². The van der Waals surface area contributed by atoms with E-state index in [4.69, 9.17) is 0 Å². The van der Waals surface area contributed by atoms with Crippen LogP contribution in [0.5, 0.6) is 0 Å². The summed E-state index contributed by atoms with van der Waals surface area (Å²) in [4.78, 5) is 5.37. The van der Waals surface area contributed by atoms with Crippen LogP contribution in [0.4, 0.5) is 11.9 Å². The fourth-order valence-corrected chi connectivity index (χ4v) is 1.61. The van der Waals surface area contributed by atoms with E-state index in [2.05, 4.69) is 25.4 Å². The number of hydrogen-bond acceptors (Lipinski definition) is 4. The Morgan fingerprint density at radius 1 is 1.23 bits per heavy atom. The van der Waals surface area contributed by atoms with Crippen LogP contribution in [-0.4, -0.2) is 35.3 Å². The number of H-pyrrole nitrogens is 1. The average Bonchev–Trinajstić information content (AvgIpc) is 2.67. The van der Waals surface area contributed by atoms with E-state index >= 15 is 0 Å². The second kappa shape index (κ2) is 3.64. The van der Waals surface area contributed by atoms with Gasteiger partial charge in [-0.05, 0) is 19.3 Å². The Kier molecular flexibility index (Phi) is 2.33. The highest BCUT2D eigenvalue weighted by atomic mass is 15.4. The van der Waals surface area contributed by atoms with Crippen molar-refractivity contribution in [2.24, 2.45) is 0 Å². The molecule has 0 unspecified atom stereocenters. The summed E-state index contributed by atoms with van der Waals surface area (Å²) >= 11 is 0. The first kappa shape index (κ1) is 8.34. The lowest BCUT2D eigenvalue weighted by atomic mass is 10.1. The van der Waals surface area contributed by atoms with Gasteiger partial charge in [0.05, 0.1) is 0 Å². The van der Waals surface area contributed by atoms with Gasteiger partial charge in [0.2, 0.25) is 11.9 Å². The van der Waals surface area contributed by atoms with Crippen LogP contribution in [0.15, 0.2) is 0 Å². The minimum atomic E-state index is 0.737. The van der Waals surface area contributed by atoms with E-state index in [0.29, 0.717) is 0 Å². The van der Waals surface area contributed by atoms with Gasteiger partial charge in [0.25, 0.3) is 0 Å². The average molecular weight is 181 g/mol. The zero-order valence-electron chi connectivity index (χ0n) is 7.88. The number of nitrogens with one attached hydrogen (secondary N) is 2. The van der Waals surface area contributed by atoms with Crippen molar-refractivity contribution in [1.29, 1.82) is 0 Å². The molecule has 1 aliphatic rings. The van der Waals surface area contributed by atoms with E-state index < -0.39 is 0 Å². The molecule has 0 spiro atoms. The predicted octanol–water partition coefficient (Wildman–Crippen LogP) is 0.837. The summed E-state index contributed by atoms with van der Waals surface area (Å²) in [6.45, 7) is 2.19. The number of aromatic amines is 1. The molecule has 13 heavy (non-hydrogen) atoms. The van der Waals surface area contributed by atoms with Gasteiger partial charge < -0.3 is 10.2 Å². The Labute approximate surface area is 77.5 Å². The number of rotatable bonds is 2. The molecule has 0 aromatic carbocycles. The summed E-state index contributed by atoms with van der Waals surface area (Å²) in [5.74, 6) is 1.63. The first-order valence-electron chi connectivity index (χ1n) is 4.75. The standard InChI is InChI=1S/C8H15N5/c1-9-7-10-8(12-11-7)13-5-3-2-4-6-13/h2-6H2,1H3,(H2,9,10,11,12). The van der Waals surface area contributed by atoms with Crippen LogP contribution in [0.1, 0.15) is 19.3 Å². The van der Waals surface area contributed by atoms with Crippen LogP contribution < -0.4 is 10.2 Å². The van der Waals surface area contributed by atoms with Crippen molar-refractivity contribution >= 4 is 11.9 Å². The van der Waals surface area contributed by atoms with Gasteiger partial charge in [-0.2, -0.15) is 0 Å². The highest BCUT2D eigenvalue weighted by Gasteiger charge is 2.13. The molecule has 2 heterocycles. The van der Waals surface area contributed by atoms with Gasteiger partial charge in [0, 0.05) is 20.1 Å². The van der Waals surface area contributed by atoms with Gasteiger partial charge in [-0.15, -0.1) is 10.2 Å². The quantitative estimate of drug-likeness (QED) is 0.709. The van der Waals surface area contributed by atoms with Crippen LogP contribution in [0.25, 0.3) is 0 Å². The number of nitrogens with zero attached hydrogens (tertiary/aromatic N) is 3. The van der Waals surface area contributed by atoms with Crippen LogP contribution >= 0.6 is 0 Å². The SMILES string of the molecule is CNc1nnc(N2CCCCC2)[nH]1. The van der Waals surface area contributed by atoms with Crippen molar-refractivity contribution in [1.82, 2.24) is 15.2 Å². The maximum absolute atomic E-state index is 4.07.